The van der Waals surface area contributed by atoms with Gasteiger partial charge in [-0.05, 0) is 86.9 Å². The van der Waals surface area contributed by atoms with E-state index in [-0.39, 0.29) is 0 Å². The van der Waals surface area contributed by atoms with E-state index in [0.29, 0.717) is 11.5 Å². The van der Waals surface area contributed by atoms with E-state index in [1.807, 2.05) is 12.3 Å². The molecule has 5 aliphatic rings. The monoisotopic (exact) mass is 385 g/mol. The summed E-state index contributed by atoms with van der Waals surface area (Å²) in [7, 11) is 0. The fourth-order valence-electron chi connectivity index (χ4n) is 6.87. The molecule has 1 aliphatic heterocycles. The number of nitrogens with zero attached hydrogens (tertiary/aromatic N) is 2. The molecule has 4 bridgehead atoms. The first-order chi connectivity index (χ1) is 13.1. The zero-order chi connectivity index (χ0) is 18.4. The molecule has 4 aliphatic carbocycles. The fourth-order valence-corrected chi connectivity index (χ4v) is 7.23. The van der Waals surface area contributed by atoms with E-state index < -0.39 is 0 Å². The van der Waals surface area contributed by atoms with Crippen molar-refractivity contribution in [3.8, 4) is 0 Å². The Hall–Kier alpha value is -1.36. The molecule has 6 rings (SSSR count). The van der Waals surface area contributed by atoms with Gasteiger partial charge in [0.15, 0.2) is 5.11 Å². The minimum Gasteiger partial charge on any atom is -0.360 e. The molecule has 1 aromatic rings. The molecule has 0 radical (unpaired) electrons. The summed E-state index contributed by atoms with van der Waals surface area (Å²) in [4.78, 5) is 8.15. The highest BCUT2D eigenvalue weighted by Crippen LogP contribution is 2.61. The molecule has 2 N–H and O–H groups in total. The standard InChI is InChI=1S/C22H32N4S/c1-16(22-13-17-10-18(14-22)12-19(11-17)15-22)24-21(27)26-8-6-25(7-9-26)20-4-2-3-5-23-20/h2-5,16-19H,6-15H2,1H3,(H,24,27)/p+1/t16-,17?,18?,19?,22?/m0/s1. The zero-order valence-electron chi connectivity index (χ0n) is 16.5. The molecule has 0 spiro atoms. The average Bonchev–Trinajstić information content (AvgIpc) is 2.68. The fraction of sp³-hybridized carbons (Fsp3) is 0.727. The Morgan fingerprint density at radius 3 is 2.26 bits per heavy atom. The largest absolute Gasteiger partial charge is 0.360 e. The Morgan fingerprint density at radius 1 is 1.07 bits per heavy atom. The first kappa shape index (κ1) is 17.7. The first-order valence-electron chi connectivity index (χ1n) is 10.9. The lowest BCUT2D eigenvalue weighted by molar-refractivity contribution is -0.364. The van der Waals surface area contributed by atoms with Crippen molar-refractivity contribution in [3.05, 3.63) is 24.4 Å². The summed E-state index contributed by atoms with van der Waals surface area (Å²) in [6.07, 6.45) is 10.8. The van der Waals surface area contributed by atoms with Crippen molar-refractivity contribution in [2.45, 2.75) is 51.5 Å². The number of hydrogen-bond donors (Lipinski definition) is 1. The summed E-state index contributed by atoms with van der Waals surface area (Å²) in [5.41, 5.74) is 0.514. The van der Waals surface area contributed by atoms with Crippen molar-refractivity contribution >= 4 is 23.1 Å². The maximum atomic E-state index is 5.85. The lowest BCUT2D eigenvalue weighted by Crippen LogP contribution is -2.59. The number of thiocarbonyl (C=S) groups is 1. The molecular weight excluding hydrogens is 352 g/mol. The Balaban J connectivity index is 1.18. The summed E-state index contributed by atoms with van der Waals surface area (Å²) >= 11 is 5.85. The molecule has 0 amide bonds. The average molecular weight is 386 g/mol. The quantitative estimate of drug-likeness (QED) is 0.811. The van der Waals surface area contributed by atoms with E-state index in [9.17, 15) is 0 Å². The van der Waals surface area contributed by atoms with Crippen molar-refractivity contribution in [1.29, 1.82) is 0 Å². The molecule has 4 nitrogen and oxygen atoms in total. The predicted molar refractivity (Wildman–Crippen MR) is 113 cm³/mol. The van der Waals surface area contributed by atoms with E-state index in [0.717, 1.165) is 49.0 Å². The van der Waals surface area contributed by atoms with Gasteiger partial charge in [0.2, 0.25) is 0 Å². The van der Waals surface area contributed by atoms with Crippen molar-refractivity contribution in [3.63, 3.8) is 0 Å². The summed E-state index contributed by atoms with van der Waals surface area (Å²) < 4.78 is 0. The third kappa shape index (κ3) is 3.32. The second-order valence-corrected chi connectivity index (χ2v) is 10.1. The lowest BCUT2D eigenvalue weighted by Gasteiger charge is -2.59. The van der Waals surface area contributed by atoms with Crippen molar-refractivity contribution in [1.82, 2.24) is 10.2 Å². The molecule has 0 aromatic carbocycles. The Morgan fingerprint density at radius 2 is 1.70 bits per heavy atom. The molecule has 1 saturated heterocycles. The molecule has 146 valence electrons. The number of piperazine rings is 1. The van der Waals surface area contributed by atoms with Crippen molar-refractivity contribution < 1.29 is 4.98 Å². The lowest BCUT2D eigenvalue weighted by atomic mass is 9.48. The summed E-state index contributed by atoms with van der Waals surface area (Å²) in [5, 5.41) is 4.77. The maximum Gasteiger partial charge on any atom is 0.274 e. The second kappa shape index (κ2) is 6.91. The van der Waals surface area contributed by atoms with Crippen LogP contribution >= 0.6 is 12.2 Å². The summed E-state index contributed by atoms with van der Waals surface area (Å²) in [5.74, 6) is 4.21. The highest BCUT2D eigenvalue weighted by atomic mass is 32.1. The van der Waals surface area contributed by atoms with Crippen LogP contribution in [0.25, 0.3) is 0 Å². The van der Waals surface area contributed by atoms with Crippen LogP contribution in [0.4, 0.5) is 5.82 Å². The number of nitrogens with one attached hydrogen (secondary N) is 2. The van der Waals surface area contributed by atoms with Crippen LogP contribution in [0.3, 0.4) is 0 Å². The summed E-state index contributed by atoms with van der Waals surface area (Å²) in [6, 6.07) is 6.79. The molecule has 5 heteroatoms. The van der Waals surface area contributed by atoms with Crippen LogP contribution in [-0.4, -0.2) is 42.2 Å². The van der Waals surface area contributed by atoms with Crippen LogP contribution in [0.2, 0.25) is 0 Å². The van der Waals surface area contributed by atoms with Crippen LogP contribution in [0.5, 0.6) is 0 Å². The van der Waals surface area contributed by atoms with E-state index in [4.69, 9.17) is 12.2 Å². The first-order valence-corrected chi connectivity index (χ1v) is 11.3. The maximum absolute atomic E-state index is 5.85. The highest BCUT2D eigenvalue weighted by molar-refractivity contribution is 7.80. The Labute approximate surface area is 168 Å². The predicted octanol–water partition coefficient (Wildman–Crippen LogP) is 3.10. The third-order valence-electron chi connectivity index (χ3n) is 7.94. The smallest absolute Gasteiger partial charge is 0.274 e. The van der Waals surface area contributed by atoms with E-state index in [1.54, 1.807) is 0 Å². The molecule has 5 fully saturated rings. The molecule has 2 heterocycles. The van der Waals surface area contributed by atoms with Crippen LogP contribution in [0.15, 0.2) is 24.4 Å². The molecule has 1 atom stereocenters. The van der Waals surface area contributed by atoms with Gasteiger partial charge in [-0.1, -0.05) is 6.07 Å². The zero-order valence-corrected chi connectivity index (χ0v) is 17.3. The number of pyridine rings is 1. The number of hydrogen-bond acceptors (Lipinski definition) is 2. The summed E-state index contributed by atoms with van der Waals surface area (Å²) in [6.45, 7) is 6.46. The van der Waals surface area contributed by atoms with Gasteiger partial charge in [-0.3, -0.25) is 4.90 Å². The van der Waals surface area contributed by atoms with Gasteiger partial charge in [0.25, 0.3) is 5.82 Å². The van der Waals surface area contributed by atoms with Crippen LogP contribution in [0, 0.1) is 23.2 Å². The van der Waals surface area contributed by atoms with Crippen LogP contribution in [0.1, 0.15) is 45.4 Å². The molecule has 27 heavy (non-hydrogen) atoms. The van der Waals surface area contributed by atoms with Gasteiger partial charge in [0.05, 0.1) is 19.3 Å². The van der Waals surface area contributed by atoms with Gasteiger partial charge in [0, 0.05) is 12.1 Å². The highest BCUT2D eigenvalue weighted by Gasteiger charge is 2.53. The Bertz CT molecular complexity index is 648. The minimum atomic E-state index is 0.513. The van der Waals surface area contributed by atoms with Gasteiger partial charge in [-0.2, -0.15) is 0 Å². The number of anilines is 1. The normalized spacial score (nSPS) is 36.0. The minimum absolute atomic E-state index is 0.513. The van der Waals surface area contributed by atoms with E-state index >= 15 is 0 Å². The van der Waals surface area contributed by atoms with Crippen LogP contribution in [-0.2, 0) is 0 Å². The number of aromatic nitrogens is 1. The molecule has 4 saturated carbocycles. The molecule has 0 unspecified atom stereocenters. The topological polar surface area (TPSA) is 32.6 Å². The van der Waals surface area contributed by atoms with Gasteiger partial charge < -0.3 is 10.2 Å². The number of H-pyrrole nitrogens is 1. The number of aromatic amines is 1. The third-order valence-corrected chi connectivity index (χ3v) is 8.32. The van der Waals surface area contributed by atoms with E-state index in [1.165, 1.54) is 44.3 Å². The van der Waals surface area contributed by atoms with Gasteiger partial charge in [0.1, 0.15) is 13.1 Å². The van der Waals surface area contributed by atoms with Gasteiger partial charge in [-0.25, -0.2) is 4.98 Å². The Kier molecular flexibility index (Phi) is 4.53. The second-order valence-electron chi connectivity index (χ2n) is 9.67. The molecular formula is C22H33N4S+. The van der Waals surface area contributed by atoms with Crippen molar-refractivity contribution in [2.24, 2.45) is 23.2 Å². The SMILES string of the molecule is C[C@H](NC(=S)N1CCN(c2cccc[nH+]2)CC1)C12CC3CC(CC(C3)C1)C2. The molecule has 1 aromatic heterocycles. The van der Waals surface area contributed by atoms with Crippen LogP contribution < -0.4 is 15.2 Å². The number of rotatable bonds is 3. The van der Waals surface area contributed by atoms with Gasteiger partial charge >= 0.3 is 0 Å². The van der Waals surface area contributed by atoms with Gasteiger partial charge in [-0.15, -0.1) is 0 Å². The van der Waals surface area contributed by atoms with Crippen molar-refractivity contribution in [2.75, 3.05) is 31.1 Å². The van der Waals surface area contributed by atoms with E-state index in [2.05, 4.69) is 39.2 Å².